The van der Waals surface area contributed by atoms with E-state index < -0.39 is 0 Å². The summed E-state index contributed by atoms with van der Waals surface area (Å²) in [5.74, 6) is 0.587. The number of aromatic nitrogens is 1. The molecule has 0 saturated carbocycles. The van der Waals surface area contributed by atoms with E-state index in [4.69, 9.17) is 0 Å². The molecule has 0 spiro atoms. The van der Waals surface area contributed by atoms with E-state index in [9.17, 15) is 0 Å². The van der Waals surface area contributed by atoms with Gasteiger partial charge in [-0.15, -0.1) is 0 Å². The second-order valence-corrected chi connectivity index (χ2v) is 2.77. The molecule has 0 aliphatic carbocycles. The summed E-state index contributed by atoms with van der Waals surface area (Å²) in [6.07, 6.45) is 6.81. The zero-order chi connectivity index (χ0) is 7.52. The van der Waals surface area contributed by atoms with Crippen molar-refractivity contribution in [2.24, 2.45) is 4.99 Å². The second kappa shape index (κ2) is 2.82. The van der Waals surface area contributed by atoms with Crippen molar-refractivity contribution in [2.45, 2.75) is 12.3 Å². The van der Waals surface area contributed by atoms with Gasteiger partial charge in [0.25, 0.3) is 0 Å². The van der Waals surface area contributed by atoms with Crippen molar-refractivity contribution in [3.8, 4) is 0 Å². The summed E-state index contributed by atoms with van der Waals surface area (Å²) >= 11 is 0. The lowest BCUT2D eigenvalue weighted by molar-refractivity contribution is 0.775. The maximum Gasteiger partial charge on any atom is 0.0458 e. The van der Waals surface area contributed by atoms with Crippen LogP contribution < -0.4 is 0 Å². The molecule has 0 saturated heterocycles. The number of aliphatic imine (C=N–C) groups is 1. The van der Waals surface area contributed by atoms with Crippen LogP contribution >= 0.6 is 0 Å². The van der Waals surface area contributed by atoms with E-state index >= 15 is 0 Å². The highest BCUT2D eigenvalue weighted by Gasteiger charge is 2.12. The van der Waals surface area contributed by atoms with Crippen molar-refractivity contribution in [3.05, 3.63) is 30.1 Å². The number of pyridine rings is 1. The van der Waals surface area contributed by atoms with Crippen LogP contribution in [0.25, 0.3) is 0 Å². The van der Waals surface area contributed by atoms with Gasteiger partial charge in [-0.05, 0) is 24.3 Å². The van der Waals surface area contributed by atoms with Crippen molar-refractivity contribution < 1.29 is 0 Å². The van der Waals surface area contributed by atoms with Crippen LogP contribution in [0.15, 0.2) is 29.5 Å². The summed E-state index contributed by atoms with van der Waals surface area (Å²) in [5, 5.41) is 0. The number of rotatable bonds is 1. The quantitative estimate of drug-likeness (QED) is 0.591. The Labute approximate surface area is 66.0 Å². The summed E-state index contributed by atoms with van der Waals surface area (Å²) in [5.41, 5.74) is 1.31. The maximum absolute atomic E-state index is 4.19. The fourth-order valence-electron chi connectivity index (χ4n) is 1.34. The molecule has 11 heavy (non-hydrogen) atoms. The molecular formula is C9H10N2. The standard InChI is InChI=1S/C9H10N2/c1-2-8(6-10-4-1)9-3-5-11-7-9/h1-2,4-6,9H,3,7H2/t9-/m0/s1. The minimum absolute atomic E-state index is 0.587. The first-order valence-electron chi connectivity index (χ1n) is 3.85. The fraction of sp³-hybridized carbons (Fsp3) is 0.333. The lowest BCUT2D eigenvalue weighted by atomic mass is 10.0. The smallest absolute Gasteiger partial charge is 0.0458 e. The Morgan fingerprint density at radius 3 is 3.09 bits per heavy atom. The molecule has 0 bridgehead atoms. The van der Waals surface area contributed by atoms with Crippen LogP contribution in [0, 0.1) is 0 Å². The Kier molecular flexibility index (Phi) is 1.68. The Morgan fingerprint density at radius 1 is 1.45 bits per heavy atom. The predicted octanol–water partition coefficient (Wildman–Crippen LogP) is 1.64. The zero-order valence-corrected chi connectivity index (χ0v) is 6.27. The normalized spacial score (nSPS) is 22.4. The Hall–Kier alpha value is -1.18. The van der Waals surface area contributed by atoms with Gasteiger partial charge in [-0.1, -0.05) is 6.07 Å². The van der Waals surface area contributed by atoms with Gasteiger partial charge in [0.1, 0.15) is 0 Å². The second-order valence-electron chi connectivity index (χ2n) is 2.77. The first kappa shape index (κ1) is 6.53. The fourth-order valence-corrected chi connectivity index (χ4v) is 1.34. The van der Waals surface area contributed by atoms with Crippen molar-refractivity contribution in [2.75, 3.05) is 6.54 Å². The summed E-state index contributed by atoms with van der Waals surface area (Å²) in [7, 11) is 0. The molecule has 0 amide bonds. The van der Waals surface area contributed by atoms with Gasteiger partial charge in [0.05, 0.1) is 0 Å². The Bertz CT molecular complexity index is 246. The van der Waals surface area contributed by atoms with Gasteiger partial charge in [0, 0.05) is 24.9 Å². The third-order valence-electron chi connectivity index (χ3n) is 2.00. The van der Waals surface area contributed by atoms with E-state index in [2.05, 4.69) is 16.0 Å². The van der Waals surface area contributed by atoms with Crippen molar-refractivity contribution in [3.63, 3.8) is 0 Å². The Balaban J connectivity index is 2.17. The molecule has 0 fully saturated rings. The molecule has 0 N–H and O–H groups in total. The highest BCUT2D eigenvalue weighted by Crippen LogP contribution is 2.21. The first-order valence-corrected chi connectivity index (χ1v) is 3.85. The maximum atomic E-state index is 4.19. The van der Waals surface area contributed by atoms with Gasteiger partial charge in [0.2, 0.25) is 0 Å². The molecule has 1 aromatic heterocycles. The van der Waals surface area contributed by atoms with Crippen LogP contribution in [-0.2, 0) is 0 Å². The zero-order valence-electron chi connectivity index (χ0n) is 6.27. The van der Waals surface area contributed by atoms with E-state index in [0.717, 1.165) is 13.0 Å². The molecule has 0 aromatic carbocycles. The number of nitrogens with zero attached hydrogens (tertiary/aromatic N) is 2. The topological polar surface area (TPSA) is 25.2 Å². The lowest BCUT2D eigenvalue weighted by Gasteiger charge is -2.05. The van der Waals surface area contributed by atoms with Gasteiger partial charge < -0.3 is 0 Å². The molecule has 0 unspecified atom stereocenters. The largest absolute Gasteiger partial charge is 0.297 e. The molecule has 1 aliphatic rings. The van der Waals surface area contributed by atoms with Crippen LogP contribution in [0.5, 0.6) is 0 Å². The van der Waals surface area contributed by atoms with Gasteiger partial charge in [-0.2, -0.15) is 0 Å². The van der Waals surface area contributed by atoms with E-state index in [-0.39, 0.29) is 0 Å². The minimum atomic E-state index is 0.587. The van der Waals surface area contributed by atoms with Crippen LogP contribution in [0.3, 0.4) is 0 Å². The van der Waals surface area contributed by atoms with E-state index in [1.165, 1.54) is 5.56 Å². The molecule has 2 heteroatoms. The van der Waals surface area contributed by atoms with Crippen molar-refractivity contribution in [1.29, 1.82) is 0 Å². The highest BCUT2D eigenvalue weighted by atomic mass is 14.7. The molecule has 1 aromatic rings. The summed E-state index contributed by atoms with van der Waals surface area (Å²) in [6, 6.07) is 4.10. The van der Waals surface area contributed by atoms with E-state index in [1.54, 1.807) is 6.20 Å². The molecule has 56 valence electrons. The monoisotopic (exact) mass is 146 g/mol. The average molecular weight is 146 g/mol. The molecule has 0 radical (unpaired) electrons. The number of hydrogen-bond donors (Lipinski definition) is 0. The average Bonchev–Trinajstić information content (AvgIpc) is 2.58. The first-order chi connectivity index (χ1) is 5.47. The molecule has 2 rings (SSSR count). The third kappa shape index (κ3) is 1.29. The van der Waals surface area contributed by atoms with Gasteiger partial charge in [-0.25, -0.2) is 0 Å². The van der Waals surface area contributed by atoms with Gasteiger partial charge >= 0.3 is 0 Å². The summed E-state index contributed by atoms with van der Waals surface area (Å²) in [4.78, 5) is 8.26. The third-order valence-corrected chi connectivity index (χ3v) is 2.00. The minimum Gasteiger partial charge on any atom is -0.297 e. The summed E-state index contributed by atoms with van der Waals surface area (Å²) < 4.78 is 0. The molecule has 2 heterocycles. The van der Waals surface area contributed by atoms with Crippen molar-refractivity contribution in [1.82, 2.24) is 4.98 Å². The number of hydrogen-bond acceptors (Lipinski definition) is 2. The van der Waals surface area contributed by atoms with Crippen LogP contribution in [0.4, 0.5) is 0 Å². The molecule has 1 aliphatic heterocycles. The van der Waals surface area contributed by atoms with Gasteiger partial charge in [0.15, 0.2) is 0 Å². The summed E-state index contributed by atoms with van der Waals surface area (Å²) in [6.45, 7) is 0.936. The van der Waals surface area contributed by atoms with Crippen LogP contribution in [0.1, 0.15) is 17.9 Å². The highest BCUT2D eigenvalue weighted by molar-refractivity contribution is 5.61. The van der Waals surface area contributed by atoms with Crippen LogP contribution in [-0.4, -0.2) is 17.7 Å². The molecule has 1 atom stereocenters. The van der Waals surface area contributed by atoms with Gasteiger partial charge in [-0.3, -0.25) is 9.98 Å². The SMILES string of the molecule is C1=NC[C@@H](c2cccnc2)C1. The van der Waals surface area contributed by atoms with E-state index in [0.29, 0.717) is 5.92 Å². The molecular weight excluding hydrogens is 136 g/mol. The van der Waals surface area contributed by atoms with E-state index in [1.807, 2.05) is 18.5 Å². The van der Waals surface area contributed by atoms with Crippen LogP contribution in [0.2, 0.25) is 0 Å². The van der Waals surface area contributed by atoms with Crippen molar-refractivity contribution >= 4 is 6.21 Å². The molecule has 2 nitrogen and oxygen atoms in total. The predicted molar refractivity (Wildman–Crippen MR) is 45.0 cm³/mol. The lowest BCUT2D eigenvalue weighted by Crippen LogP contribution is -1.97. The Morgan fingerprint density at radius 2 is 2.45 bits per heavy atom.